The van der Waals surface area contributed by atoms with Crippen molar-refractivity contribution >= 4 is 65.0 Å². The van der Waals surface area contributed by atoms with E-state index in [2.05, 4.69) is 15.6 Å². The first-order valence-electron chi connectivity index (χ1n) is 5.77. The Morgan fingerprint density at radius 2 is 2.14 bits per heavy atom. The second-order valence-electron chi connectivity index (χ2n) is 4.04. The van der Waals surface area contributed by atoms with Gasteiger partial charge in [0.1, 0.15) is 10.7 Å². The second kappa shape index (κ2) is 9.61. The van der Waals surface area contributed by atoms with Gasteiger partial charge in [-0.05, 0) is 26.1 Å². The lowest BCUT2D eigenvalue weighted by Gasteiger charge is -2.10. The second-order valence-corrected chi connectivity index (χ2v) is 6.61. The van der Waals surface area contributed by atoms with Crippen LogP contribution in [0.3, 0.4) is 0 Å². The Morgan fingerprint density at radius 3 is 2.71 bits per heavy atom. The number of carbonyl (C=O) groups excluding carboxylic acids is 1. The van der Waals surface area contributed by atoms with Crippen molar-refractivity contribution in [3.05, 3.63) is 27.5 Å². The van der Waals surface area contributed by atoms with E-state index < -0.39 is 0 Å². The summed E-state index contributed by atoms with van der Waals surface area (Å²) >= 11 is 8.80. The molecule has 0 saturated heterocycles. The first-order chi connectivity index (χ1) is 9.10. The van der Waals surface area contributed by atoms with Crippen molar-refractivity contribution in [1.82, 2.24) is 15.6 Å². The van der Waals surface area contributed by atoms with Crippen molar-refractivity contribution in [2.75, 3.05) is 13.6 Å². The Kier molecular flexibility index (Phi) is 9.44. The quantitative estimate of drug-likeness (QED) is 0.821. The molecule has 2 aromatic rings. The third-order valence-corrected chi connectivity index (χ3v) is 4.83. The third kappa shape index (κ3) is 5.73. The monoisotopic (exact) mass is 387 g/mol. The number of thiophene rings is 1. The molecule has 1 unspecified atom stereocenters. The number of halogens is 3. The standard InChI is InChI=1S/C12H14ClN3OS2.2ClH/c1-7(14-2)5-15-11(17)8-6-18-12(16-8)9-3-4-10(13)19-9;;/h3-4,6-7,14H,5H2,1-2H3,(H,15,17);2*1H. The van der Waals surface area contributed by atoms with Crippen molar-refractivity contribution in [3.8, 4) is 9.88 Å². The summed E-state index contributed by atoms with van der Waals surface area (Å²) in [5.41, 5.74) is 0.452. The highest BCUT2D eigenvalue weighted by Crippen LogP contribution is 2.32. The van der Waals surface area contributed by atoms with Crippen LogP contribution in [0.4, 0.5) is 0 Å². The zero-order valence-electron chi connectivity index (χ0n) is 11.4. The normalized spacial score (nSPS) is 11.2. The Labute approximate surface area is 149 Å². The van der Waals surface area contributed by atoms with Gasteiger partial charge in [0.2, 0.25) is 0 Å². The molecule has 0 radical (unpaired) electrons. The van der Waals surface area contributed by atoms with E-state index in [4.69, 9.17) is 11.6 Å². The fourth-order valence-electron chi connectivity index (χ4n) is 1.36. The topological polar surface area (TPSA) is 54.0 Å². The van der Waals surface area contributed by atoms with E-state index in [0.29, 0.717) is 12.2 Å². The van der Waals surface area contributed by atoms with E-state index in [1.54, 1.807) is 5.38 Å². The number of aromatic nitrogens is 1. The average Bonchev–Trinajstić information content (AvgIpc) is 3.03. The molecular weight excluding hydrogens is 373 g/mol. The van der Waals surface area contributed by atoms with E-state index >= 15 is 0 Å². The van der Waals surface area contributed by atoms with Crippen LogP contribution in [0.25, 0.3) is 9.88 Å². The molecule has 0 fully saturated rings. The predicted octanol–water partition coefficient (Wildman–Crippen LogP) is 3.71. The van der Waals surface area contributed by atoms with Gasteiger partial charge < -0.3 is 10.6 Å². The van der Waals surface area contributed by atoms with Crippen molar-refractivity contribution in [2.45, 2.75) is 13.0 Å². The molecule has 0 bridgehead atoms. The lowest BCUT2D eigenvalue weighted by atomic mass is 10.3. The number of hydrogen-bond donors (Lipinski definition) is 2. The molecular formula is C12H16Cl3N3OS2. The van der Waals surface area contributed by atoms with Gasteiger partial charge in [0, 0.05) is 18.0 Å². The minimum Gasteiger partial charge on any atom is -0.349 e. The highest BCUT2D eigenvalue weighted by atomic mass is 35.5. The molecule has 2 rings (SSSR count). The van der Waals surface area contributed by atoms with Crippen LogP contribution in [0.5, 0.6) is 0 Å². The lowest BCUT2D eigenvalue weighted by molar-refractivity contribution is 0.0946. The van der Waals surface area contributed by atoms with E-state index in [1.165, 1.54) is 22.7 Å². The zero-order valence-corrected chi connectivity index (χ0v) is 15.4. The number of thiazole rings is 1. The van der Waals surface area contributed by atoms with Crippen molar-refractivity contribution in [2.24, 2.45) is 0 Å². The summed E-state index contributed by atoms with van der Waals surface area (Å²) < 4.78 is 0.721. The minimum atomic E-state index is -0.146. The maximum Gasteiger partial charge on any atom is 0.270 e. The molecule has 9 heteroatoms. The number of nitrogens with zero attached hydrogens (tertiary/aromatic N) is 1. The summed E-state index contributed by atoms with van der Waals surface area (Å²) in [6.45, 7) is 2.58. The highest BCUT2D eigenvalue weighted by Gasteiger charge is 2.13. The zero-order chi connectivity index (χ0) is 13.8. The molecule has 1 atom stereocenters. The third-order valence-electron chi connectivity index (χ3n) is 2.58. The Hall–Kier alpha value is -0.370. The highest BCUT2D eigenvalue weighted by molar-refractivity contribution is 7.23. The molecule has 2 N–H and O–H groups in total. The number of amides is 1. The summed E-state index contributed by atoms with van der Waals surface area (Å²) in [5, 5.41) is 8.49. The lowest BCUT2D eigenvalue weighted by Crippen LogP contribution is -2.37. The Balaban J connectivity index is 0.00000200. The summed E-state index contributed by atoms with van der Waals surface area (Å²) in [4.78, 5) is 17.2. The molecule has 0 aliphatic carbocycles. The smallest absolute Gasteiger partial charge is 0.270 e. The molecule has 4 nitrogen and oxygen atoms in total. The van der Waals surface area contributed by atoms with Gasteiger partial charge in [0.05, 0.1) is 9.21 Å². The van der Waals surface area contributed by atoms with Crippen LogP contribution in [0, 0.1) is 0 Å². The number of carbonyl (C=O) groups is 1. The average molecular weight is 389 g/mol. The van der Waals surface area contributed by atoms with Crippen LogP contribution in [0.2, 0.25) is 4.34 Å². The number of nitrogens with one attached hydrogen (secondary N) is 2. The first kappa shape index (κ1) is 20.6. The van der Waals surface area contributed by atoms with E-state index in [-0.39, 0.29) is 36.8 Å². The van der Waals surface area contributed by atoms with Crippen LogP contribution >= 0.6 is 59.1 Å². The predicted molar refractivity (Wildman–Crippen MR) is 95.8 cm³/mol. The van der Waals surface area contributed by atoms with Gasteiger partial charge in [0.15, 0.2) is 0 Å². The fraction of sp³-hybridized carbons (Fsp3) is 0.333. The summed E-state index contributed by atoms with van der Waals surface area (Å²) in [7, 11) is 1.86. The first-order valence-corrected chi connectivity index (χ1v) is 7.84. The molecule has 0 aliphatic heterocycles. The molecule has 118 valence electrons. The van der Waals surface area contributed by atoms with Gasteiger partial charge in [-0.25, -0.2) is 4.98 Å². The van der Waals surface area contributed by atoms with Crippen LogP contribution in [0.15, 0.2) is 17.5 Å². The van der Waals surface area contributed by atoms with Gasteiger partial charge in [-0.3, -0.25) is 4.79 Å². The van der Waals surface area contributed by atoms with Crippen LogP contribution in [0.1, 0.15) is 17.4 Å². The van der Waals surface area contributed by atoms with E-state index in [9.17, 15) is 4.79 Å². The Bertz CT molecular complexity index is 574. The molecule has 2 aromatic heterocycles. The van der Waals surface area contributed by atoms with Gasteiger partial charge in [-0.1, -0.05) is 11.6 Å². The fourth-order valence-corrected chi connectivity index (χ4v) is 3.27. The Morgan fingerprint density at radius 1 is 1.43 bits per heavy atom. The van der Waals surface area contributed by atoms with E-state index in [0.717, 1.165) is 14.2 Å². The number of likely N-dealkylation sites (N-methyl/N-ethyl adjacent to an activating group) is 1. The summed E-state index contributed by atoms with van der Waals surface area (Å²) in [5.74, 6) is -0.146. The number of hydrogen-bond acceptors (Lipinski definition) is 5. The molecule has 0 aliphatic rings. The van der Waals surface area contributed by atoms with Crippen molar-refractivity contribution in [3.63, 3.8) is 0 Å². The van der Waals surface area contributed by atoms with Gasteiger partial charge in [0.25, 0.3) is 5.91 Å². The van der Waals surface area contributed by atoms with Crippen molar-refractivity contribution < 1.29 is 4.79 Å². The maximum absolute atomic E-state index is 11.9. The van der Waals surface area contributed by atoms with Gasteiger partial charge in [-0.2, -0.15) is 0 Å². The number of rotatable bonds is 5. The molecule has 2 heterocycles. The SMILES string of the molecule is CNC(C)CNC(=O)c1csc(-c2ccc(Cl)s2)n1.Cl.Cl. The van der Waals surface area contributed by atoms with Gasteiger partial charge in [-0.15, -0.1) is 47.5 Å². The molecule has 1 amide bonds. The van der Waals surface area contributed by atoms with Gasteiger partial charge >= 0.3 is 0 Å². The van der Waals surface area contributed by atoms with Crippen LogP contribution < -0.4 is 10.6 Å². The molecule has 21 heavy (non-hydrogen) atoms. The van der Waals surface area contributed by atoms with E-state index in [1.807, 2.05) is 26.1 Å². The molecule has 0 saturated carbocycles. The maximum atomic E-state index is 11.9. The summed E-state index contributed by atoms with van der Waals surface area (Å²) in [6.07, 6.45) is 0. The largest absolute Gasteiger partial charge is 0.349 e. The van der Waals surface area contributed by atoms with Crippen LogP contribution in [-0.2, 0) is 0 Å². The van der Waals surface area contributed by atoms with Crippen LogP contribution in [-0.4, -0.2) is 30.5 Å². The summed E-state index contributed by atoms with van der Waals surface area (Å²) in [6, 6.07) is 3.98. The van der Waals surface area contributed by atoms with Crippen molar-refractivity contribution in [1.29, 1.82) is 0 Å². The minimum absolute atomic E-state index is 0. The molecule has 0 spiro atoms. The molecule has 0 aromatic carbocycles.